The molecule has 26 heavy (non-hydrogen) atoms. The van der Waals surface area contributed by atoms with Gasteiger partial charge in [0.1, 0.15) is 0 Å². The number of amides is 1. The normalized spacial score (nSPS) is 11.3. The van der Waals surface area contributed by atoms with E-state index in [1.807, 2.05) is 0 Å². The number of sulfone groups is 1. The van der Waals surface area contributed by atoms with E-state index >= 15 is 0 Å². The van der Waals surface area contributed by atoms with Gasteiger partial charge in [0, 0.05) is 16.8 Å². The maximum absolute atomic E-state index is 12.2. The quantitative estimate of drug-likeness (QED) is 0.701. The van der Waals surface area contributed by atoms with E-state index in [1.165, 1.54) is 36.4 Å². The summed E-state index contributed by atoms with van der Waals surface area (Å²) in [5.41, 5.74) is 0.669. The summed E-state index contributed by atoms with van der Waals surface area (Å²) in [4.78, 5) is 12.4. The highest BCUT2D eigenvalue weighted by molar-refractivity contribution is 7.90. The molecule has 0 aliphatic rings. The summed E-state index contributed by atoms with van der Waals surface area (Å²) in [7, 11) is -3.30. The first-order chi connectivity index (χ1) is 12.2. The summed E-state index contributed by atoms with van der Waals surface area (Å²) in [6.45, 7) is 0. The van der Waals surface area contributed by atoms with Gasteiger partial charge in [0.25, 0.3) is 5.91 Å². The van der Waals surface area contributed by atoms with Crippen molar-refractivity contribution in [1.29, 1.82) is 0 Å². The van der Waals surface area contributed by atoms with Crippen molar-refractivity contribution in [3.63, 3.8) is 0 Å². The lowest BCUT2D eigenvalue weighted by Crippen LogP contribution is -2.12. The Morgan fingerprint density at radius 3 is 2.42 bits per heavy atom. The minimum atomic E-state index is -3.30. The molecular weight excluding hydrogens is 401 g/mol. The van der Waals surface area contributed by atoms with Crippen LogP contribution in [0.4, 0.5) is 6.01 Å². The van der Waals surface area contributed by atoms with Crippen molar-refractivity contribution < 1.29 is 17.6 Å². The van der Waals surface area contributed by atoms with Crippen LogP contribution in [-0.2, 0) is 9.84 Å². The second-order valence-corrected chi connectivity index (χ2v) is 8.15. The van der Waals surface area contributed by atoms with Crippen LogP contribution in [0.2, 0.25) is 10.0 Å². The van der Waals surface area contributed by atoms with Crippen molar-refractivity contribution in [3.05, 3.63) is 58.1 Å². The van der Waals surface area contributed by atoms with Gasteiger partial charge in [-0.25, -0.2) is 8.42 Å². The number of carbonyl (C=O) groups is 1. The Balaban J connectivity index is 1.80. The molecule has 2 aromatic carbocycles. The zero-order valence-electron chi connectivity index (χ0n) is 13.2. The average molecular weight is 412 g/mol. The van der Waals surface area contributed by atoms with Gasteiger partial charge >= 0.3 is 6.01 Å². The number of hydrogen-bond acceptors (Lipinski definition) is 6. The first-order valence-corrected chi connectivity index (χ1v) is 9.79. The van der Waals surface area contributed by atoms with Gasteiger partial charge < -0.3 is 4.42 Å². The summed E-state index contributed by atoms with van der Waals surface area (Å²) in [5, 5.41) is 10.6. The number of nitrogens with zero attached hydrogens (tertiary/aromatic N) is 2. The van der Waals surface area contributed by atoms with Crippen molar-refractivity contribution >= 4 is 45.0 Å². The molecule has 7 nitrogen and oxygen atoms in total. The van der Waals surface area contributed by atoms with Gasteiger partial charge in [0.05, 0.1) is 15.5 Å². The fourth-order valence-corrected chi connectivity index (χ4v) is 3.08. The van der Waals surface area contributed by atoms with Crippen LogP contribution in [0.5, 0.6) is 0 Å². The van der Waals surface area contributed by atoms with Crippen LogP contribution >= 0.6 is 23.2 Å². The monoisotopic (exact) mass is 411 g/mol. The van der Waals surface area contributed by atoms with Crippen LogP contribution in [0.3, 0.4) is 0 Å². The zero-order valence-corrected chi connectivity index (χ0v) is 15.6. The standard InChI is InChI=1S/C16H11Cl2N3O4S/c1-26(23,24)11-5-2-9(3-6-11)15-20-21-16(25-15)19-14(22)12-8-10(17)4-7-13(12)18/h2-8H,1H3,(H,19,21,22). The Morgan fingerprint density at radius 2 is 1.77 bits per heavy atom. The van der Waals surface area contributed by atoms with E-state index in [1.54, 1.807) is 6.07 Å². The third-order valence-electron chi connectivity index (χ3n) is 3.35. The topological polar surface area (TPSA) is 102 Å². The molecule has 0 saturated heterocycles. The third-order valence-corrected chi connectivity index (χ3v) is 5.04. The lowest BCUT2D eigenvalue weighted by atomic mass is 10.2. The fourth-order valence-electron chi connectivity index (χ4n) is 2.07. The average Bonchev–Trinajstić information content (AvgIpc) is 3.05. The van der Waals surface area contributed by atoms with Crippen LogP contribution in [-0.4, -0.2) is 30.8 Å². The number of benzene rings is 2. The van der Waals surface area contributed by atoms with Gasteiger partial charge in [-0.3, -0.25) is 10.1 Å². The number of halogens is 2. The van der Waals surface area contributed by atoms with Crippen molar-refractivity contribution in [2.45, 2.75) is 4.90 Å². The van der Waals surface area contributed by atoms with E-state index in [2.05, 4.69) is 15.5 Å². The highest BCUT2D eigenvalue weighted by atomic mass is 35.5. The largest absolute Gasteiger partial charge is 0.403 e. The lowest BCUT2D eigenvalue weighted by molar-refractivity contribution is 0.102. The highest BCUT2D eigenvalue weighted by Gasteiger charge is 2.16. The number of aromatic nitrogens is 2. The first-order valence-electron chi connectivity index (χ1n) is 7.14. The molecule has 0 atom stereocenters. The smallest absolute Gasteiger partial charge is 0.322 e. The van der Waals surface area contributed by atoms with Crippen molar-refractivity contribution in [2.24, 2.45) is 0 Å². The summed E-state index contributed by atoms with van der Waals surface area (Å²) in [6.07, 6.45) is 1.11. The van der Waals surface area contributed by atoms with E-state index in [4.69, 9.17) is 27.6 Å². The first kappa shape index (κ1) is 18.4. The van der Waals surface area contributed by atoms with Gasteiger partial charge in [0.15, 0.2) is 9.84 Å². The van der Waals surface area contributed by atoms with Gasteiger partial charge in [-0.15, -0.1) is 5.10 Å². The molecule has 10 heteroatoms. The second kappa shape index (κ2) is 7.06. The summed E-state index contributed by atoms with van der Waals surface area (Å²) < 4.78 is 28.3. The summed E-state index contributed by atoms with van der Waals surface area (Å²) >= 11 is 11.8. The molecule has 134 valence electrons. The van der Waals surface area contributed by atoms with Crippen LogP contribution in [0.15, 0.2) is 51.8 Å². The van der Waals surface area contributed by atoms with Crippen LogP contribution in [0.1, 0.15) is 10.4 Å². The maximum atomic E-state index is 12.2. The van der Waals surface area contributed by atoms with Gasteiger partial charge in [-0.2, -0.15) is 0 Å². The van der Waals surface area contributed by atoms with Crippen molar-refractivity contribution in [1.82, 2.24) is 10.2 Å². The number of hydrogen-bond donors (Lipinski definition) is 1. The van der Waals surface area contributed by atoms with Crippen LogP contribution in [0.25, 0.3) is 11.5 Å². The van der Waals surface area contributed by atoms with Crippen LogP contribution in [0, 0.1) is 0 Å². The molecule has 0 unspecified atom stereocenters. The highest BCUT2D eigenvalue weighted by Crippen LogP contribution is 2.24. The maximum Gasteiger partial charge on any atom is 0.322 e. The van der Waals surface area contributed by atoms with Gasteiger partial charge in [-0.1, -0.05) is 28.3 Å². The zero-order chi connectivity index (χ0) is 18.9. The minimum Gasteiger partial charge on any atom is -0.403 e. The number of anilines is 1. The van der Waals surface area contributed by atoms with Gasteiger partial charge in [0.2, 0.25) is 5.89 Å². The third kappa shape index (κ3) is 4.04. The Labute approximate surface area is 158 Å². The van der Waals surface area contributed by atoms with E-state index in [0.29, 0.717) is 10.6 Å². The molecule has 0 aliphatic carbocycles. The Hall–Kier alpha value is -2.42. The molecular formula is C16H11Cl2N3O4S. The van der Waals surface area contributed by atoms with Crippen molar-refractivity contribution in [2.75, 3.05) is 11.6 Å². The van der Waals surface area contributed by atoms with E-state index in [0.717, 1.165) is 6.26 Å². The molecule has 0 fully saturated rings. The summed E-state index contributed by atoms with van der Waals surface area (Å²) in [6, 6.07) is 10.3. The molecule has 3 aromatic rings. The second-order valence-electron chi connectivity index (χ2n) is 5.29. The molecule has 1 N–H and O–H groups in total. The fraction of sp³-hybridized carbons (Fsp3) is 0.0625. The number of rotatable bonds is 4. The Morgan fingerprint density at radius 1 is 1.08 bits per heavy atom. The lowest BCUT2D eigenvalue weighted by Gasteiger charge is -2.03. The molecule has 0 spiro atoms. The number of carbonyl (C=O) groups excluding carboxylic acids is 1. The molecule has 0 bridgehead atoms. The van der Waals surface area contributed by atoms with E-state index in [-0.39, 0.29) is 27.4 Å². The van der Waals surface area contributed by atoms with E-state index in [9.17, 15) is 13.2 Å². The summed E-state index contributed by atoms with van der Waals surface area (Å²) in [5.74, 6) is -0.433. The molecule has 1 heterocycles. The van der Waals surface area contributed by atoms with Crippen molar-refractivity contribution in [3.8, 4) is 11.5 Å². The molecule has 0 radical (unpaired) electrons. The Kier molecular flexibility index (Phi) is 4.99. The molecule has 0 saturated carbocycles. The molecule has 0 aliphatic heterocycles. The molecule has 3 rings (SSSR count). The minimum absolute atomic E-state index is 0.123. The molecule has 1 aromatic heterocycles. The van der Waals surface area contributed by atoms with Crippen LogP contribution < -0.4 is 5.32 Å². The SMILES string of the molecule is CS(=O)(=O)c1ccc(-c2nnc(NC(=O)c3cc(Cl)ccc3Cl)o2)cc1. The van der Waals surface area contributed by atoms with E-state index < -0.39 is 15.7 Å². The predicted octanol–water partition coefficient (Wildman–Crippen LogP) is 3.70. The predicted molar refractivity (Wildman–Crippen MR) is 97.3 cm³/mol. The molecule has 1 amide bonds. The van der Waals surface area contributed by atoms with Gasteiger partial charge in [-0.05, 0) is 42.5 Å². The Bertz CT molecular complexity index is 1080. The number of nitrogens with one attached hydrogen (secondary N) is 1.